The quantitative estimate of drug-likeness (QED) is 0.719. The molecule has 0 unspecified atom stereocenters. The van der Waals surface area contributed by atoms with Gasteiger partial charge in [-0.05, 0) is 18.9 Å². The molecule has 0 aromatic heterocycles. The first-order chi connectivity index (χ1) is 9.29. The van der Waals surface area contributed by atoms with Crippen LogP contribution in [0.1, 0.15) is 18.4 Å². The number of rotatable bonds is 7. The van der Waals surface area contributed by atoms with E-state index < -0.39 is 0 Å². The van der Waals surface area contributed by atoms with Gasteiger partial charge >= 0.3 is 0 Å². The second-order valence-electron chi connectivity index (χ2n) is 4.53. The van der Waals surface area contributed by atoms with Crippen LogP contribution < -0.4 is 15.4 Å². The van der Waals surface area contributed by atoms with Gasteiger partial charge in [0, 0.05) is 18.2 Å². The molecule has 0 saturated heterocycles. The number of benzene rings is 1. The van der Waals surface area contributed by atoms with Crippen LogP contribution in [0, 0.1) is 12.3 Å². The first kappa shape index (κ1) is 13.4. The van der Waals surface area contributed by atoms with Crippen LogP contribution in [0.2, 0.25) is 0 Å². The molecule has 1 aliphatic carbocycles. The van der Waals surface area contributed by atoms with Gasteiger partial charge in [0.05, 0.1) is 6.54 Å². The average Bonchev–Trinajstić information content (AvgIpc) is 3.25. The van der Waals surface area contributed by atoms with Gasteiger partial charge in [0.2, 0.25) is 0 Å². The maximum atomic E-state index is 11.4. The van der Waals surface area contributed by atoms with Crippen molar-refractivity contribution >= 4 is 5.91 Å². The molecule has 1 aromatic carbocycles. The normalized spacial score (nSPS) is 13.6. The SMILES string of the molecule is C#CCNC(=O)COc1ccccc1CNC1CC1. The van der Waals surface area contributed by atoms with Gasteiger partial charge in [0.15, 0.2) is 6.61 Å². The van der Waals surface area contributed by atoms with Gasteiger partial charge in [-0.1, -0.05) is 24.1 Å². The number of hydrogen-bond acceptors (Lipinski definition) is 3. The number of carbonyl (C=O) groups is 1. The van der Waals surface area contributed by atoms with E-state index in [1.165, 1.54) is 12.8 Å². The summed E-state index contributed by atoms with van der Waals surface area (Å²) in [4.78, 5) is 11.4. The molecular formula is C15H18N2O2. The van der Waals surface area contributed by atoms with Crippen molar-refractivity contribution in [2.24, 2.45) is 0 Å². The highest BCUT2D eigenvalue weighted by molar-refractivity contribution is 5.77. The summed E-state index contributed by atoms with van der Waals surface area (Å²) in [6.45, 7) is 0.988. The molecule has 0 spiro atoms. The molecule has 100 valence electrons. The van der Waals surface area contributed by atoms with E-state index in [2.05, 4.69) is 16.6 Å². The predicted molar refractivity (Wildman–Crippen MR) is 73.6 cm³/mol. The van der Waals surface area contributed by atoms with Crippen LogP contribution in [0.3, 0.4) is 0 Å². The Labute approximate surface area is 113 Å². The van der Waals surface area contributed by atoms with Gasteiger partial charge in [0.1, 0.15) is 5.75 Å². The van der Waals surface area contributed by atoms with Crippen molar-refractivity contribution < 1.29 is 9.53 Å². The fraction of sp³-hybridized carbons (Fsp3) is 0.400. The number of para-hydroxylation sites is 1. The molecule has 4 heteroatoms. The van der Waals surface area contributed by atoms with Crippen LogP contribution in [-0.4, -0.2) is 25.1 Å². The second-order valence-corrected chi connectivity index (χ2v) is 4.53. The van der Waals surface area contributed by atoms with Crippen molar-refractivity contribution in [1.82, 2.24) is 10.6 Å². The lowest BCUT2D eigenvalue weighted by molar-refractivity contribution is -0.122. The van der Waals surface area contributed by atoms with E-state index >= 15 is 0 Å². The van der Waals surface area contributed by atoms with Gasteiger partial charge < -0.3 is 15.4 Å². The Hall–Kier alpha value is -1.99. The molecule has 19 heavy (non-hydrogen) atoms. The summed E-state index contributed by atoms with van der Waals surface area (Å²) in [5.74, 6) is 2.89. The first-order valence-electron chi connectivity index (χ1n) is 6.44. The molecule has 1 saturated carbocycles. The zero-order valence-electron chi connectivity index (χ0n) is 10.8. The van der Waals surface area contributed by atoms with E-state index in [9.17, 15) is 4.79 Å². The van der Waals surface area contributed by atoms with E-state index in [1.807, 2.05) is 24.3 Å². The fourth-order valence-electron chi connectivity index (χ4n) is 1.68. The molecule has 0 radical (unpaired) electrons. The summed E-state index contributed by atoms with van der Waals surface area (Å²) in [5.41, 5.74) is 1.07. The van der Waals surface area contributed by atoms with Crippen LogP contribution in [0.4, 0.5) is 0 Å². The van der Waals surface area contributed by atoms with E-state index in [0.717, 1.165) is 17.9 Å². The topological polar surface area (TPSA) is 50.4 Å². The first-order valence-corrected chi connectivity index (χ1v) is 6.44. The highest BCUT2D eigenvalue weighted by Gasteiger charge is 2.20. The molecule has 4 nitrogen and oxygen atoms in total. The van der Waals surface area contributed by atoms with Crippen LogP contribution in [0.5, 0.6) is 5.75 Å². The molecule has 0 bridgehead atoms. The van der Waals surface area contributed by atoms with Crippen LogP contribution in [0.25, 0.3) is 0 Å². The van der Waals surface area contributed by atoms with E-state index in [4.69, 9.17) is 11.2 Å². The molecule has 1 aliphatic rings. The third kappa shape index (κ3) is 4.65. The van der Waals surface area contributed by atoms with Crippen LogP contribution in [-0.2, 0) is 11.3 Å². The average molecular weight is 258 g/mol. The Morgan fingerprint density at radius 2 is 2.21 bits per heavy atom. The molecule has 0 atom stereocenters. The van der Waals surface area contributed by atoms with Crippen molar-refractivity contribution in [1.29, 1.82) is 0 Å². The summed E-state index contributed by atoms with van der Waals surface area (Å²) < 4.78 is 5.53. The van der Waals surface area contributed by atoms with Crippen molar-refractivity contribution in [3.8, 4) is 18.1 Å². The molecule has 0 heterocycles. The standard InChI is InChI=1S/C15H18N2O2/c1-2-9-16-15(18)11-19-14-6-4-3-5-12(14)10-17-13-7-8-13/h1,3-6,13,17H,7-11H2,(H,16,18). The minimum atomic E-state index is -0.206. The van der Waals surface area contributed by atoms with Crippen LogP contribution >= 0.6 is 0 Å². The zero-order valence-corrected chi connectivity index (χ0v) is 10.8. The van der Waals surface area contributed by atoms with Crippen molar-refractivity contribution in [3.63, 3.8) is 0 Å². The smallest absolute Gasteiger partial charge is 0.258 e. The molecule has 0 aliphatic heterocycles. The van der Waals surface area contributed by atoms with E-state index in [0.29, 0.717) is 6.04 Å². The van der Waals surface area contributed by atoms with Gasteiger partial charge in [-0.25, -0.2) is 0 Å². The van der Waals surface area contributed by atoms with Gasteiger partial charge in [0.25, 0.3) is 5.91 Å². The lowest BCUT2D eigenvalue weighted by Gasteiger charge is -2.11. The van der Waals surface area contributed by atoms with Crippen molar-refractivity contribution in [2.45, 2.75) is 25.4 Å². The van der Waals surface area contributed by atoms with E-state index in [1.54, 1.807) is 0 Å². The fourth-order valence-corrected chi connectivity index (χ4v) is 1.68. The Bertz CT molecular complexity index is 475. The maximum Gasteiger partial charge on any atom is 0.258 e. The molecule has 1 aromatic rings. The Kier molecular flexibility index (Phi) is 4.82. The highest BCUT2D eigenvalue weighted by Crippen LogP contribution is 2.22. The second kappa shape index (κ2) is 6.81. The molecule has 2 N–H and O–H groups in total. The summed E-state index contributed by atoms with van der Waals surface area (Å²) in [5, 5.41) is 5.99. The molecule has 2 rings (SSSR count). The minimum absolute atomic E-state index is 0.0118. The maximum absolute atomic E-state index is 11.4. The largest absolute Gasteiger partial charge is 0.483 e. The Morgan fingerprint density at radius 3 is 2.95 bits per heavy atom. The lowest BCUT2D eigenvalue weighted by Crippen LogP contribution is -2.29. The molecular weight excluding hydrogens is 240 g/mol. The predicted octanol–water partition coefficient (Wildman–Crippen LogP) is 1.07. The number of amides is 1. The summed E-state index contributed by atoms with van der Waals surface area (Å²) in [7, 11) is 0. The third-order valence-electron chi connectivity index (χ3n) is 2.88. The summed E-state index contributed by atoms with van der Waals surface area (Å²) in [6.07, 6.45) is 7.56. The highest BCUT2D eigenvalue weighted by atomic mass is 16.5. The van der Waals surface area contributed by atoms with Crippen LogP contribution in [0.15, 0.2) is 24.3 Å². The zero-order chi connectivity index (χ0) is 13.5. The molecule has 1 fully saturated rings. The van der Waals surface area contributed by atoms with Crippen molar-refractivity contribution in [2.75, 3.05) is 13.2 Å². The minimum Gasteiger partial charge on any atom is -0.483 e. The number of nitrogens with one attached hydrogen (secondary N) is 2. The van der Waals surface area contributed by atoms with Gasteiger partial charge in [-0.15, -0.1) is 6.42 Å². The number of carbonyl (C=O) groups excluding carboxylic acids is 1. The number of ether oxygens (including phenoxy) is 1. The summed E-state index contributed by atoms with van der Waals surface area (Å²) in [6, 6.07) is 8.39. The summed E-state index contributed by atoms with van der Waals surface area (Å²) >= 11 is 0. The van der Waals surface area contributed by atoms with Crippen molar-refractivity contribution in [3.05, 3.63) is 29.8 Å². The number of terminal acetylenes is 1. The van der Waals surface area contributed by atoms with E-state index in [-0.39, 0.29) is 19.1 Å². The Balaban J connectivity index is 1.84. The van der Waals surface area contributed by atoms with Gasteiger partial charge in [-0.3, -0.25) is 4.79 Å². The lowest BCUT2D eigenvalue weighted by atomic mass is 10.2. The monoisotopic (exact) mass is 258 g/mol. The Morgan fingerprint density at radius 1 is 1.42 bits per heavy atom. The van der Waals surface area contributed by atoms with Gasteiger partial charge in [-0.2, -0.15) is 0 Å². The third-order valence-corrected chi connectivity index (χ3v) is 2.88. The number of hydrogen-bond donors (Lipinski definition) is 2. The molecule has 1 amide bonds.